The molecular formula is C19H21Cl2NO2. The van der Waals surface area contributed by atoms with Gasteiger partial charge in [-0.05, 0) is 49.2 Å². The van der Waals surface area contributed by atoms with Gasteiger partial charge in [-0.2, -0.15) is 0 Å². The Balaban J connectivity index is 2.21. The van der Waals surface area contributed by atoms with Crippen molar-refractivity contribution >= 4 is 29.1 Å². The van der Waals surface area contributed by atoms with Gasteiger partial charge >= 0.3 is 0 Å². The molecule has 0 N–H and O–H groups in total. The molecule has 5 heteroatoms. The van der Waals surface area contributed by atoms with Crippen molar-refractivity contribution in [2.75, 3.05) is 19.7 Å². The van der Waals surface area contributed by atoms with E-state index < -0.39 is 0 Å². The summed E-state index contributed by atoms with van der Waals surface area (Å²) in [5.74, 6) is -0.0204. The number of carbonyl (C=O) groups is 1. The fourth-order valence-electron chi connectivity index (χ4n) is 2.48. The zero-order valence-electron chi connectivity index (χ0n) is 13.8. The van der Waals surface area contributed by atoms with Crippen molar-refractivity contribution in [2.45, 2.75) is 20.0 Å². The van der Waals surface area contributed by atoms with Crippen LogP contribution >= 0.6 is 23.2 Å². The number of carbonyl (C=O) groups excluding carboxylic acids is 1. The fraction of sp³-hybridized carbons (Fsp3) is 0.316. The molecule has 0 atom stereocenters. The summed E-state index contributed by atoms with van der Waals surface area (Å²) in [6, 6.07) is 14.9. The number of ether oxygens (including phenoxy) is 1. The third kappa shape index (κ3) is 4.97. The summed E-state index contributed by atoms with van der Waals surface area (Å²) in [7, 11) is 0. The van der Waals surface area contributed by atoms with Gasteiger partial charge in [-0.25, -0.2) is 0 Å². The zero-order chi connectivity index (χ0) is 17.5. The van der Waals surface area contributed by atoms with Crippen LogP contribution in [0.25, 0.3) is 0 Å². The van der Waals surface area contributed by atoms with Gasteiger partial charge < -0.3 is 9.64 Å². The minimum Gasteiger partial charge on any atom is -0.359 e. The molecule has 2 aromatic rings. The number of halogens is 2. The molecule has 0 spiro atoms. The highest BCUT2D eigenvalue weighted by atomic mass is 35.5. The number of amides is 1. The van der Waals surface area contributed by atoms with E-state index in [1.54, 1.807) is 4.90 Å². The Kier molecular flexibility index (Phi) is 7.10. The largest absolute Gasteiger partial charge is 0.359 e. The first-order valence-electron chi connectivity index (χ1n) is 7.95. The second-order valence-electron chi connectivity index (χ2n) is 5.36. The smallest absolute Gasteiger partial charge is 0.248 e. The molecule has 0 heterocycles. The van der Waals surface area contributed by atoms with Gasteiger partial charge in [0.2, 0.25) is 5.91 Å². The summed E-state index contributed by atoms with van der Waals surface area (Å²) in [5, 5.41) is 1.32. The quantitative estimate of drug-likeness (QED) is 0.693. The molecule has 0 bridgehead atoms. The minimum atomic E-state index is -0.348. The predicted octanol–water partition coefficient (Wildman–Crippen LogP) is 4.97. The summed E-state index contributed by atoms with van der Waals surface area (Å²) in [4.78, 5) is 14.0. The standard InChI is InChI=1S/C19H21Cl2NO2/c1-3-22(4-2)18(23)13-24-19(14-5-9-16(20)10-6-14)15-7-11-17(21)12-8-15/h5-12,19H,3-4,13H2,1-2H3. The topological polar surface area (TPSA) is 29.5 Å². The summed E-state index contributed by atoms with van der Waals surface area (Å²) in [5.41, 5.74) is 1.88. The lowest BCUT2D eigenvalue weighted by Gasteiger charge is -2.22. The number of benzene rings is 2. The van der Waals surface area contributed by atoms with Gasteiger partial charge in [0.15, 0.2) is 0 Å². The van der Waals surface area contributed by atoms with Crippen molar-refractivity contribution in [3.63, 3.8) is 0 Å². The van der Waals surface area contributed by atoms with Crippen LogP contribution in [0.3, 0.4) is 0 Å². The normalized spacial score (nSPS) is 10.9. The molecule has 0 radical (unpaired) electrons. The molecule has 2 aromatic carbocycles. The van der Waals surface area contributed by atoms with Crippen LogP contribution in [0.1, 0.15) is 31.1 Å². The van der Waals surface area contributed by atoms with Crippen LogP contribution in [-0.4, -0.2) is 30.5 Å². The first-order chi connectivity index (χ1) is 11.5. The van der Waals surface area contributed by atoms with E-state index in [4.69, 9.17) is 27.9 Å². The van der Waals surface area contributed by atoms with E-state index in [0.29, 0.717) is 23.1 Å². The van der Waals surface area contributed by atoms with E-state index in [9.17, 15) is 4.79 Å². The first-order valence-corrected chi connectivity index (χ1v) is 8.71. The Bertz CT molecular complexity index is 607. The summed E-state index contributed by atoms with van der Waals surface area (Å²) < 4.78 is 5.96. The third-order valence-corrected chi connectivity index (χ3v) is 4.34. The second-order valence-corrected chi connectivity index (χ2v) is 6.23. The number of hydrogen-bond acceptors (Lipinski definition) is 2. The van der Waals surface area contributed by atoms with Gasteiger partial charge in [0.1, 0.15) is 12.7 Å². The molecule has 2 rings (SSSR count). The lowest BCUT2D eigenvalue weighted by atomic mass is 10.0. The van der Waals surface area contributed by atoms with Crippen LogP contribution < -0.4 is 0 Å². The molecule has 1 amide bonds. The SMILES string of the molecule is CCN(CC)C(=O)COC(c1ccc(Cl)cc1)c1ccc(Cl)cc1. The van der Waals surface area contributed by atoms with Crippen LogP contribution in [-0.2, 0) is 9.53 Å². The Hall–Kier alpha value is -1.55. The number of nitrogens with zero attached hydrogens (tertiary/aromatic N) is 1. The van der Waals surface area contributed by atoms with Gasteiger partial charge in [0.25, 0.3) is 0 Å². The predicted molar refractivity (Wildman–Crippen MR) is 98.6 cm³/mol. The van der Waals surface area contributed by atoms with Gasteiger partial charge in [0.05, 0.1) is 0 Å². The molecule has 0 aliphatic carbocycles. The number of rotatable bonds is 7. The van der Waals surface area contributed by atoms with E-state index in [0.717, 1.165) is 11.1 Å². The van der Waals surface area contributed by atoms with Crippen molar-refractivity contribution < 1.29 is 9.53 Å². The maximum atomic E-state index is 12.2. The molecule has 128 valence electrons. The highest BCUT2D eigenvalue weighted by Crippen LogP contribution is 2.28. The third-order valence-electron chi connectivity index (χ3n) is 3.84. The molecule has 0 aliphatic heterocycles. The molecular weight excluding hydrogens is 345 g/mol. The lowest BCUT2D eigenvalue weighted by Crippen LogP contribution is -2.34. The number of likely N-dealkylation sites (N-methyl/N-ethyl adjacent to an activating group) is 1. The summed E-state index contributed by atoms with van der Waals surface area (Å²) in [6.07, 6.45) is -0.348. The van der Waals surface area contributed by atoms with Gasteiger partial charge in [-0.15, -0.1) is 0 Å². The van der Waals surface area contributed by atoms with Crippen molar-refractivity contribution in [1.82, 2.24) is 4.90 Å². The fourth-order valence-corrected chi connectivity index (χ4v) is 2.73. The zero-order valence-corrected chi connectivity index (χ0v) is 15.3. The minimum absolute atomic E-state index is 0.0204. The Morgan fingerprint density at radius 3 is 1.71 bits per heavy atom. The van der Waals surface area contributed by atoms with Crippen molar-refractivity contribution in [3.05, 3.63) is 69.7 Å². The molecule has 0 aliphatic rings. The summed E-state index contributed by atoms with van der Waals surface area (Å²) >= 11 is 11.9. The van der Waals surface area contributed by atoms with E-state index in [1.807, 2.05) is 62.4 Å². The van der Waals surface area contributed by atoms with Crippen molar-refractivity contribution in [2.24, 2.45) is 0 Å². The lowest BCUT2D eigenvalue weighted by molar-refractivity contribution is -0.137. The molecule has 0 saturated heterocycles. The average molecular weight is 366 g/mol. The Labute approximate surface area is 153 Å². The van der Waals surface area contributed by atoms with Crippen molar-refractivity contribution in [1.29, 1.82) is 0 Å². The molecule has 0 unspecified atom stereocenters. The first kappa shape index (κ1) is 18.8. The highest BCUT2D eigenvalue weighted by molar-refractivity contribution is 6.30. The van der Waals surface area contributed by atoms with Crippen LogP contribution in [0.5, 0.6) is 0 Å². The maximum absolute atomic E-state index is 12.2. The monoisotopic (exact) mass is 365 g/mol. The Morgan fingerprint density at radius 2 is 1.33 bits per heavy atom. The Morgan fingerprint density at radius 1 is 0.917 bits per heavy atom. The maximum Gasteiger partial charge on any atom is 0.248 e. The van der Waals surface area contributed by atoms with E-state index >= 15 is 0 Å². The van der Waals surface area contributed by atoms with Gasteiger partial charge in [-0.1, -0.05) is 47.5 Å². The van der Waals surface area contributed by atoms with Gasteiger partial charge in [0, 0.05) is 23.1 Å². The van der Waals surface area contributed by atoms with E-state index in [2.05, 4.69) is 0 Å². The van der Waals surface area contributed by atoms with E-state index in [1.165, 1.54) is 0 Å². The molecule has 0 saturated carbocycles. The van der Waals surface area contributed by atoms with Crippen molar-refractivity contribution in [3.8, 4) is 0 Å². The van der Waals surface area contributed by atoms with Crippen LogP contribution in [0.2, 0.25) is 10.0 Å². The summed E-state index contributed by atoms with van der Waals surface area (Å²) in [6.45, 7) is 5.28. The van der Waals surface area contributed by atoms with Gasteiger partial charge in [-0.3, -0.25) is 4.79 Å². The van der Waals surface area contributed by atoms with Crippen LogP contribution in [0.4, 0.5) is 0 Å². The molecule has 3 nitrogen and oxygen atoms in total. The van der Waals surface area contributed by atoms with E-state index in [-0.39, 0.29) is 18.6 Å². The average Bonchev–Trinajstić information content (AvgIpc) is 2.59. The number of hydrogen-bond donors (Lipinski definition) is 0. The van der Waals surface area contributed by atoms with Crippen LogP contribution in [0.15, 0.2) is 48.5 Å². The molecule has 0 aromatic heterocycles. The molecule has 0 fully saturated rings. The highest BCUT2D eigenvalue weighted by Gasteiger charge is 2.18. The second kappa shape index (κ2) is 9.07. The molecule has 24 heavy (non-hydrogen) atoms. The van der Waals surface area contributed by atoms with Crippen LogP contribution in [0, 0.1) is 0 Å².